The van der Waals surface area contributed by atoms with Crippen molar-refractivity contribution in [2.24, 2.45) is 0 Å². The lowest BCUT2D eigenvalue weighted by Crippen LogP contribution is -2.41. The van der Waals surface area contributed by atoms with E-state index in [1.165, 1.54) is 0 Å². The predicted molar refractivity (Wildman–Crippen MR) is 85.8 cm³/mol. The van der Waals surface area contributed by atoms with Crippen LogP contribution in [0.5, 0.6) is 0 Å². The summed E-state index contributed by atoms with van der Waals surface area (Å²) in [6.07, 6.45) is 0.728. The molecule has 0 saturated heterocycles. The number of aryl methyl sites for hydroxylation is 3. The molecular weight excluding hydrogens is 288 g/mol. The molecule has 0 amide bonds. The lowest BCUT2D eigenvalue weighted by atomic mass is 10.3. The van der Waals surface area contributed by atoms with Gasteiger partial charge in [-0.25, -0.2) is 13.1 Å². The van der Waals surface area contributed by atoms with E-state index in [0.717, 1.165) is 24.4 Å². The zero-order valence-electron chi connectivity index (χ0n) is 13.7. The zero-order valence-corrected chi connectivity index (χ0v) is 14.5. The Kier molecular flexibility index (Phi) is 6.83. The standard InChI is InChI=1S/C14H28N4O2S/c1-11(2)15-10-14(5)21(19,20)16-7-6-8-18-13(4)9-12(3)17-18/h9,11,14-16H,6-8,10H2,1-5H3. The third-order valence-electron chi connectivity index (χ3n) is 3.30. The fourth-order valence-electron chi connectivity index (χ4n) is 2.00. The summed E-state index contributed by atoms with van der Waals surface area (Å²) < 4.78 is 28.7. The molecule has 122 valence electrons. The molecule has 0 bridgehead atoms. The number of nitrogens with zero attached hydrogens (tertiary/aromatic N) is 2. The molecule has 0 aliphatic carbocycles. The normalized spacial score (nSPS) is 13.8. The Bertz CT molecular complexity index is 537. The molecule has 21 heavy (non-hydrogen) atoms. The second kappa shape index (κ2) is 7.91. The van der Waals surface area contributed by atoms with Crippen LogP contribution >= 0.6 is 0 Å². The van der Waals surface area contributed by atoms with Crippen LogP contribution in [0.3, 0.4) is 0 Å². The number of nitrogens with one attached hydrogen (secondary N) is 2. The molecule has 1 atom stereocenters. The lowest BCUT2D eigenvalue weighted by molar-refractivity contribution is 0.526. The number of hydrogen-bond acceptors (Lipinski definition) is 4. The highest BCUT2D eigenvalue weighted by atomic mass is 32.2. The summed E-state index contributed by atoms with van der Waals surface area (Å²) in [5.74, 6) is 0. The van der Waals surface area contributed by atoms with Gasteiger partial charge in [0.15, 0.2) is 0 Å². The molecular formula is C14H28N4O2S. The SMILES string of the molecule is Cc1cc(C)n(CCCNS(=O)(=O)C(C)CNC(C)C)n1. The van der Waals surface area contributed by atoms with Gasteiger partial charge in [0.1, 0.15) is 0 Å². The third-order valence-corrected chi connectivity index (χ3v) is 5.13. The number of hydrogen-bond donors (Lipinski definition) is 2. The maximum atomic E-state index is 12.1. The fraction of sp³-hybridized carbons (Fsp3) is 0.786. The van der Waals surface area contributed by atoms with Crippen molar-refractivity contribution in [2.75, 3.05) is 13.1 Å². The van der Waals surface area contributed by atoms with Gasteiger partial charge < -0.3 is 5.32 Å². The highest BCUT2D eigenvalue weighted by Gasteiger charge is 2.19. The first-order chi connectivity index (χ1) is 9.72. The monoisotopic (exact) mass is 316 g/mol. The quantitative estimate of drug-likeness (QED) is 0.671. The summed E-state index contributed by atoms with van der Waals surface area (Å²) in [6.45, 7) is 11.3. The molecule has 0 radical (unpaired) electrons. The molecule has 2 N–H and O–H groups in total. The molecule has 1 unspecified atom stereocenters. The molecule has 1 rings (SSSR count). The first kappa shape index (κ1) is 18.1. The van der Waals surface area contributed by atoms with Gasteiger partial charge in [0.05, 0.1) is 10.9 Å². The Balaban J connectivity index is 2.35. The van der Waals surface area contributed by atoms with Gasteiger partial charge in [-0.05, 0) is 33.3 Å². The van der Waals surface area contributed by atoms with Crippen LogP contribution in [-0.2, 0) is 16.6 Å². The van der Waals surface area contributed by atoms with Gasteiger partial charge in [-0.3, -0.25) is 4.68 Å². The van der Waals surface area contributed by atoms with Crippen molar-refractivity contribution < 1.29 is 8.42 Å². The molecule has 0 aliphatic rings. The molecule has 1 aromatic heterocycles. The summed E-state index contributed by atoms with van der Waals surface area (Å²) in [6, 6.07) is 2.30. The molecule has 0 fully saturated rings. The maximum Gasteiger partial charge on any atom is 0.215 e. The first-order valence-electron chi connectivity index (χ1n) is 7.45. The number of sulfonamides is 1. The molecule has 6 nitrogen and oxygen atoms in total. The Labute approximate surface area is 128 Å². The van der Waals surface area contributed by atoms with Crippen molar-refractivity contribution in [1.82, 2.24) is 19.8 Å². The van der Waals surface area contributed by atoms with Gasteiger partial charge in [0, 0.05) is 31.4 Å². The van der Waals surface area contributed by atoms with E-state index in [-0.39, 0.29) is 6.04 Å². The Morgan fingerprint density at radius 3 is 2.48 bits per heavy atom. The fourth-order valence-corrected chi connectivity index (χ4v) is 3.03. The summed E-state index contributed by atoms with van der Waals surface area (Å²) in [5.41, 5.74) is 2.09. The van der Waals surface area contributed by atoms with Crippen molar-refractivity contribution in [1.29, 1.82) is 0 Å². The third kappa shape index (κ3) is 6.15. The highest BCUT2D eigenvalue weighted by molar-refractivity contribution is 7.90. The highest BCUT2D eigenvalue weighted by Crippen LogP contribution is 2.03. The van der Waals surface area contributed by atoms with Crippen molar-refractivity contribution in [3.8, 4) is 0 Å². The average molecular weight is 316 g/mol. The second-order valence-electron chi connectivity index (χ2n) is 5.82. The number of aromatic nitrogens is 2. The minimum Gasteiger partial charge on any atom is -0.313 e. The van der Waals surface area contributed by atoms with E-state index in [1.807, 2.05) is 38.4 Å². The van der Waals surface area contributed by atoms with E-state index < -0.39 is 15.3 Å². The molecule has 1 aromatic rings. The van der Waals surface area contributed by atoms with Crippen molar-refractivity contribution >= 4 is 10.0 Å². The van der Waals surface area contributed by atoms with Crippen LogP contribution in [0.25, 0.3) is 0 Å². The van der Waals surface area contributed by atoms with E-state index in [9.17, 15) is 8.42 Å². The smallest absolute Gasteiger partial charge is 0.215 e. The van der Waals surface area contributed by atoms with Gasteiger partial charge in [0.2, 0.25) is 10.0 Å². The molecule has 0 saturated carbocycles. The zero-order chi connectivity index (χ0) is 16.0. The van der Waals surface area contributed by atoms with Gasteiger partial charge in [-0.15, -0.1) is 0 Å². The van der Waals surface area contributed by atoms with E-state index in [1.54, 1.807) is 6.92 Å². The lowest BCUT2D eigenvalue weighted by Gasteiger charge is -2.16. The first-order valence-corrected chi connectivity index (χ1v) is 9.00. The maximum absolute atomic E-state index is 12.1. The largest absolute Gasteiger partial charge is 0.313 e. The molecule has 0 aromatic carbocycles. The van der Waals surface area contributed by atoms with Crippen molar-refractivity contribution in [3.63, 3.8) is 0 Å². The second-order valence-corrected chi connectivity index (χ2v) is 8.00. The van der Waals surface area contributed by atoms with E-state index in [2.05, 4.69) is 15.1 Å². The van der Waals surface area contributed by atoms with Crippen LogP contribution in [0.15, 0.2) is 6.07 Å². The average Bonchev–Trinajstić information content (AvgIpc) is 2.70. The topological polar surface area (TPSA) is 76.0 Å². The predicted octanol–water partition coefficient (Wildman–Crippen LogP) is 1.20. The van der Waals surface area contributed by atoms with Crippen molar-refractivity contribution in [3.05, 3.63) is 17.5 Å². The van der Waals surface area contributed by atoms with Crippen LogP contribution in [-0.4, -0.2) is 42.6 Å². The van der Waals surface area contributed by atoms with Gasteiger partial charge >= 0.3 is 0 Å². The summed E-state index contributed by atoms with van der Waals surface area (Å²) in [7, 11) is -3.26. The Morgan fingerprint density at radius 1 is 1.29 bits per heavy atom. The minimum atomic E-state index is -3.26. The van der Waals surface area contributed by atoms with Gasteiger partial charge in [-0.2, -0.15) is 5.10 Å². The summed E-state index contributed by atoms with van der Waals surface area (Å²) >= 11 is 0. The van der Waals surface area contributed by atoms with E-state index in [0.29, 0.717) is 13.1 Å². The van der Waals surface area contributed by atoms with Gasteiger partial charge in [0.25, 0.3) is 0 Å². The van der Waals surface area contributed by atoms with Gasteiger partial charge in [-0.1, -0.05) is 13.8 Å². The van der Waals surface area contributed by atoms with Crippen LogP contribution in [0.4, 0.5) is 0 Å². The summed E-state index contributed by atoms with van der Waals surface area (Å²) in [4.78, 5) is 0. The van der Waals surface area contributed by atoms with E-state index >= 15 is 0 Å². The van der Waals surface area contributed by atoms with Crippen LogP contribution in [0.1, 0.15) is 38.6 Å². The van der Waals surface area contributed by atoms with Crippen LogP contribution in [0, 0.1) is 13.8 Å². The number of rotatable bonds is 9. The Morgan fingerprint density at radius 2 is 1.95 bits per heavy atom. The van der Waals surface area contributed by atoms with Crippen LogP contribution in [0.2, 0.25) is 0 Å². The molecule has 7 heteroatoms. The molecule has 0 spiro atoms. The van der Waals surface area contributed by atoms with Crippen LogP contribution < -0.4 is 10.0 Å². The Hall–Kier alpha value is -0.920. The summed E-state index contributed by atoms with van der Waals surface area (Å²) in [5, 5.41) is 7.07. The van der Waals surface area contributed by atoms with Crippen molar-refractivity contribution in [2.45, 2.75) is 58.9 Å². The minimum absolute atomic E-state index is 0.286. The molecule has 1 heterocycles. The van der Waals surface area contributed by atoms with E-state index in [4.69, 9.17) is 0 Å². The molecule has 0 aliphatic heterocycles.